The first-order valence-electron chi connectivity index (χ1n) is 9.30. The van der Waals surface area contributed by atoms with Gasteiger partial charge in [0.1, 0.15) is 3.82 Å². The van der Waals surface area contributed by atoms with Crippen molar-refractivity contribution >= 4 is 44.5 Å². The van der Waals surface area contributed by atoms with E-state index in [2.05, 4.69) is 52.8 Å². The Kier molecular flexibility index (Phi) is 4.60. The van der Waals surface area contributed by atoms with Crippen LogP contribution >= 0.6 is 32.9 Å². The van der Waals surface area contributed by atoms with E-state index >= 15 is 0 Å². The normalized spacial score (nSPS) is 15.1. The number of nitrogens with zero attached hydrogens (tertiary/aromatic N) is 1. The fourth-order valence-corrected chi connectivity index (χ4v) is 7.06. The third kappa shape index (κ3) is 2.97. The van der Waals surface area contributed by atoms with Gasteiger partial charge < -0.3 is 0 Å². The smallest absolute Gasteiger partial charge is 0.259 e. The molecule has 1 aliphatic heterocycles. The van der Waals surface area contributed by atoms with E-state index in [1.54, 1.807) is 20.7 Å². The van der Waals surface area contributed by atoms with Gasteiger partial charge in [-0.1, -0.05) is 84.0 Å². The standard InChI is InChI=1S/C23H23NOS3/c1-22(2,3)15-12-10-14(11-13-15)20(25)24-17-9-7-6-8-16(17)18-19(23(24,4)5)27-28-21(18)26/h6-13H,1-5H3. The highest BCUT2D eigenvalue weighted by Crippen LogP contribution is 2.52. The van der Waals surface area contributed by atoms with Crippen LogP contribution in [0.15, 0.2) is 48.5 Å². The Bertz CT molecular complexity index is 1110. The fourth-order valence-electron chi connectivity index (χ4n) is 3.78. The van der Waals surface area contributed by atoms with Gasteiger partial charge in [0.05, 0.1) is 16.1 Å². The quantitative estimate of drug-likeness (QED) is 0.299. The molecule has 0 spiro atoms. The summed E-state index contributed by atoms with van der Waals surface area (Å²) in [5, 5.41) is 0. The maximum absolute atomic E-state index is 13.7. The molecule has 2 aromatic carbocycles. The summed E-state index contributed by atoms with van der Waals surface area (Å²) >= 11 is 5.62. The number of hydrogen-bond acceptors (Lipinski definition) is 4. The Hall–Kier alpha value is -1.82. The van der Waals surface area contributed by atoms with Crippen molar-refractivity contribution in [1.82, 2.24) is 0 Å². The lowest BCUT2D eigenvalue weighted by Gasteiger charge is -2.43. The Morgan fingerprint density at radius 2 is 1.64 bits per heavy atom. The summed E-state index contributed by atoms with van der Waals surface area (Å²) in [4.78, 5) is 16.8. The van der Waals surface area contributed by atoms with E-state index in [0.717, 1.165) is 20.6 Å². The topological polar surface area (TPSA) is 20.3 Å². The monoisotopic (exact) mass is 425 g/mol. The number of para-hydroxylation sites is 1. The van der Waals surface area contributed by atoms with Crippen LogP contribution in [0.5, 0.6) is 0 Å². The molecule has 0 radical (unpaired) electrons. The molecule has 3 aromatic rings. The third-order valence-corrected chi connectivity index (χ3v) is 8.69. The zero-order chi connectivity index (χ0) is 20.3. The predicted molar refractivity (Wildman–Crippen MR) is 123 cm³/mol. The Balaban J connectivity index is 1.85. The summed E-state index contributed by atoms with van der Waals surface area (Å²) in [6.45, 7) is 10.8. The van der Waals surface area contributed by atoms with Gasteiger partial charge in [-0.3, -0.25) is 9.69 Å². The molecule has 0 bridgehead atoms. The average Bonchev–Trinajstić information content (AvgIpc) is 3.04. The summed E-state index contributed by atoms with van der Waals surface area (Å²) in [5.41, 5.74) is 4.64. The van der Waals surface area contributed by atoms with Crippen LogP contribution in [0, 0.1) is 3.82 Å². The maximum atomic E-state index is 13.7. The first kappa shape index (κ1) is 19.5. The Morgan fingerprint density at radius 1 is 1.00 bits per heavy atom. The molecule has 144 valence electrons. The maximum Gasteiger partial charge on any atom is 0.259 e. The van der Waals surface area contributed by atoms with E-state index in [1.165, 1.54) is 10.4 Å². The van der Waals surface area contributed by atoms with Gasteiger partial charge >= 0.3 is 0 Å². The lowest BCUT2D eigenvalue weighted by Crippen LogP contribution is -2.47. The number of fused-ring (bicyclic) bond motifs is 3. The number of amides is 1. The second-order valence-corrected chi connectivity index (χ2v) is 11.5. The molecular formula is C23H23NOS3. The molecule has 0 N–H and O–H groups in total. The minimum atomic E-state index is -0.457. The summed E-state index contributed by atoms with van der Waals surface area (Å²) in [6, 6.07) is 16.1. The second-order valence-electron chi connectivity index (χ2n) is 8.70. The van der Waals surface area contributed by atoms with Crippen LogP contribution in [0.1, 0.15) is 55.4 Å². The minimum Gasteiger partial charge on any atom is -0.297 e. The van der Waals surface area contributed by atoms with Crippen molar-refractivity contribution in [3.05, 3.63) is 68.4 Å². The SMILES string of the molecule is CC(C)(C)c1ccc(C(=O)N2c3ccccc3-c3c(ssc3=S)C2(C)C)cc1. The zero-order valence-corrected chi connectivity index (χ0v) is 19.1. The van der Waals surface area contributed by atoms with Crippen molar-refractivity contribution in [2.75, 3.05) is 4.90 Å². The van der Waals surface area contributed by atoms with Gasteiger partial charge in [-0.15, -0.1) is 0 Å². The lowest BCUT2D eigenvalue weighted by atomic mass is 9.85. The van der Waals surface area contributed by atoms with Crippen LogP contribution in [-0.4, -0.2) is 5.91 Å². The third-order valence-electron chi connectivity index (χ3n) is 5.36. The Morgan fingerprint density at radius 3 is 2.29 bits per heavy atom. The molecule has 5 heteroatoms. The van der Waals surface area contributed by atoms with Gasteiger partial charge in [-0.2, -0.15) is 0 Å². The van der Waals surface area contributed by atoms with E-state index < -0.39 is 5.54 Å². The van der Waals surface area contributed by atoms with Gasteiger partial charge in [-0.25, -0.2) is 0 Å². The van der Waals surface area contributed by atoms with E-state index in [-0.39, 0.29) is 11.3 Å². The molecule has 28 heavy (non-hydrogen) atoms. The fraction of sp³-hybridized carbons (Fsp3) is 0.304. The Labute approximate surface area is 178 Å². The molecule has 1 aliphatic rings. The van der Waals surface area contributed by atoms with Crippen molar-refractivity contribution in [1.29, 1.82) is 0 Å². The van der Waals surface area contributed by atoms with Crippen LogP contribution < -0.4 is 4.90 Å². The summed E-state index contributed by atoms with van der Waals surface area (Å²) in [6.07, 6.45) is 0. The van der Waals surface area contributed by atoms with E-state index in [0.29, 0.717) is 5.56 Å². The number of benzene rings is 2. The molecular weight excluding hydrogens is 402 g/mol. The van der Waals surface area contributed by atoms with Gasteiger partial charge in [0.25, 0.3) is 5.91 Å². The van der Waals surface area contributed by atoms with Gasteiger partial charge in [0.15, 0.2) is 0 Å². The van der Waals surface area contributed by atoms with Gasteiger partial charge in [0, 0.05) is 16.7 Å². The highest BCUT2D eigenvalue weighted by molar-refractivity contribution is 7.80. The molecule has 0 saturated carbocycles. The highest BCUT2D eigenvalue weighted by atomic mass is 32.9. The van der Waals surface area contributed by atoms with Gasteiger partial charge in [-0.05, 0) is 43.0 Å². The number of carbonyl (C=O) groups is 1. The minimum absolute atomic E-state index is 0.0212. The lowest BCUT2D eigenvalue weighted by molar-refractivity contribution is 0.0961. The van der Waals surface area contributed by atoms with Crippen LogP contribution in [0.2, 0.25) is 0 Å². The van der Waals surface area contributed by atoms with Crippen molar-refractivity contribution in [2.24, 2.45) is 0 Å². The predicted octanol–water partition coefficient (Wildman–Crippen LogP) is 7.40. The van der Waals surface area contributed by atoms with Crippen LogP contribution in [0.3, 0.4) is 0 Å². The van der Waals surface area contributed by atoms with Crippen molar-refractivity contribution < 1.29 is 4.79 Å². The van der Waals surface area contributed by atoms with E-state index in [9.17, 15) is 4.79 Å². The molecule has 4 rings (SSSR count). The van der Waals surface area contributed by atoms with Crippen molar-refractivity contribution in [3.8, 4) is 11.1 Å². The number of carbonyl (C=O) groups excluding carboxylic acids is 1. The largest absolute Gasteiger partial charge is 0.297 e. The summed E-state index contributed by atoms with van der Waals surface area (Å²) in [5.74, 6) is 0.0212. The average molecular weight is 426 g/mol. The first-order valence-corrected chi connectivity index (χ1v) is 11.9. The van der Waals surface area contributed by atoms with Crippen molar-refractivity contribution in [3.63, 3.8) is 0 Å². The molecule has 0 saturated heterocycles. The summed E-state index contributed by atoms with van der Waals surface area (Å²) < 4.78 is 0.905. The van der Waals surface area contributed by atoms with Crippen LogP contribution in [0.4, 0.5) is 5.69 Å². The van der Waals surface area contributed by atoms with Crippen LogP contribution in [-0.2, 0) is 11.0 Å². The van der Waals surface area contributed by atoms with E-state index in [1.807, 2.05) is 35.2 Å². The molecule has 1 amide bonds. The zero-order valence-electron chi connectivity index (χ0n) is 16.7. The first-order chi connectivity index (χ1) is 13.1. The molecule has 2 heterocycles. The molecule has 0 unspecified atom stereocenters. The van der Waals surface area contributed by atoms with Gasteiger partial charge in [0.2, 0.25) is 0 Å². The second kappa shape index (κ2) is 6.61. The molecule has 0 aliphatic carbocycles. The van der Waals surface area contributed by atoms with Crippen LogP contribution in [0.25, 0.3) is 11.1 Å². The molecule has 2 nitrogen and oxygen atoms in total. The number of anilines is 1. The number of rotatable bonds is 1. The number of hydrogen-bond donors (Lipinski definition) is 0. The highest BCUT2D eigenvalue weighted by Gasteiger charge is 2.43. The summed E-state index contributed by atoms with van der Waals surface area (Å²) in [7, 11) is 3.31. The van der Waals surface area contributed by atoms with E-state index in [4.69, 9.17) is 12.2 Å². The van der Waals surface area contributed by atoms with Crippen molar-refractivity contribution in [2.45, 2.75) is 45.6 Å². The molecule has 0 atom stereocenters. The molecule has 1 aromatic heterocycles. The molecule has 0 fully saturated rings.